The van der Waals surface area contributed by atoms with Crippen LogP contribution in [0.1, 0.15) is 40.5 Å². The molecule has 0 saturated carbocycles. The summed E-state index contributed by atoms with van der Waals surface area (Å²) in [5, 5.41) is 0. The Bertz CT molecular complexity index is 167. The minimum Gasteiger partial charge on any atom is -0.466 e. The van der Waals surface area contributed by atoms with Gasteiger partial charge >= 0.3 is 5.97 Å². The molecule has 0 aliphatic heterocycles. The summed E-state index contributed by atoms with van der Waals surface area (Å²) in [5.41, 5.74) is 4.80. The van der Waals surface area contributed by atoms with Gasteiger partial charge in [-0.3, -0.25) is 9.59 Å². The van der Waals surface area contributed by atoms with E-state index in [4.69, 9.17) is 5.73 Å². The molecule has 0 aliphatic rings. The summed E-state index contributed by atoms with van der Waals surface area (Å²) in [5.74, 6) is -0.432. The second kappa shape index (κ2) is 10.0. The van der Waals surface area contributed by atoms with Crippen LogP contribution in [0.25, 0.3) is 0 Å². The predicted octanol–water partition coefficient (Wildman–Crippen LogP) is 1.48. The van der Waals surface area contributed by atoms with Crippen molar-refractivity contribution < 1.29 is 14.3 Å². The Kier molecular flexibility index (Phi) is 11.0. The van der Waals surface area contributed by atoms with Crippen LogP contribution in [0.5, 0.6) is 0 Å². The van der Waals surface area contributed by atoms with Crippen LogP contribution in [0, 0.1) is 5.92 Å². The first-order valence-electron chi connectivity index (χ1n) is 4.84. The Balaban J connectivity index is 0. The average molecular weight is 203 g/mol. The van der Waals surface area contributed by atoms with Gasteiger partial charge in [0.15, 0.2) is 0 Å². The first-order chi connectivity index (χ1) is 6.41. The van der Waals surface area contributed by atoms with E-state index in [1.165, 1.54) is 6.92 Å². The summed E-state index contributed by atoms with van der Waals surface area (Å²) in [4.78, 5) is 20.0. The Morgan fingerprint density at radius 3 is 2.00 bits per heavy atom. The molecule has 0 rings (SSSR count). The van der Waals surface area contributed by atoms with Crippen molar-refractivity contribution in [1.82, 2.24) is 0 Å². The van der Waals surface area contributed by atoms with Crippen LogP contribution in [-0.4, -0.2) is 18.5 Å². The van der Waals surface area contributed by atoms with Gasteiger partial charge in [-0.1, -0.05) is 27.2 Å². The van der Waals surface area contributed by atoms with E-state index in [1.807, 2.05) is 0 Å². The number of esters is 1. The molecule has 0 heterocycles. The smallest absolute Gasteiger partial charge is 0.302 e. The molecule has 2 N–H and O–H groups in total. The molecule has 0 unspecified atom stereocenters. The van der Waals surface area contributed by atoms with Crippen LogP contribution in [0.15, 0.2) is 0 Å². The van der Waals surface area contributed by atoms with Crippen molar-refractivity contribution >= 4 is 11.9 Å². The summed E-state index contributed by atoms with van der Waals surface area (Å²) in [7, 11) is 0. The highest BCUT2D eigenvalue weighted by Gasteiger charge is 1.96. The summed E-state index contributed by atoms with van der Waals surface area (Å²) < 4.78 is 4.64. The molecule has 0 saturated heterocycles. The van der Waals surface area contributed by atoms with Crippen LogP contribution in [0.2, 0.25) is 0 Å². The number of amides is 1. The first-order valence-corrected chi connectivity index (χ1v) is 4.84. The first kappa shape index (κ1) is 15.4. The normalized spacial score (nSPS) is 8.93. The molecular weight excluding hydrogens is 182 g/mol. The van der Waals surface area contributed by atoms with Gasteiger partial charge in [-0.2, -0.15) is 0 Å². The minimum absolute atomic E-state index is 0.00926. The van der Waals surface area contributed by atoms with Gasteiger partial charge in [0.05, 0.1) is 6.61 Å². The van der Waals surface area contributed by atoms with Crippen LogP contribution in [0.4, 0.5) is 0 Å². The molecule has 14 heavy (non-hydrogen) atoms. The summed E-state index contributed by atoms with van der Waals surface area (Å²) in [6.07, 6.45) is 2.05. The van der Waals surface area contributed by atoms with Crippen molar-refractivity contribution in [3.8, 4) is 0 Å². The number of hydrogen-bond acceptors (Lipinski definition) is 3. The zero-order valence-electron chi connectivity index (χ0n) is 9.50. The van der Waals surface area contributed by atoms with Gasteiger partial charge in [-0.15, -0.1) is 0 Å². The van der Waals surface area contributed by atoms with Crippen LogP contribution < -0.4 is 5.73 Å². The number of nitrogens with two attached hydrogens (primary N) is 1. The Hall–Kier alpha value is -1.06. The molecule has 0 fully saturated rings. The molecule has 1 amide bonds. The van der Waals surface area contributed by atoms with Gasteiger partial charge in [0.1, 0.15) is 0 Å². The number of carbonyl (C=O) groups is 2. The monoisotopic (exact) mass is 203 g/mol. The lowest BCUT2D eigenvalue weighted by molar-refractivity contribution is -0.141. The summed E-state index contributed by atoms with van der Waals surface area (Å²) in [6, 6.07) is 0. The zero-order valence-corrected chi connectivity index (χ0v) is 9.50. The highest BCUT2D eigenvalue weighted by Crippen LogP contribution is 1.86. The van der Waals surface area contributed by atoms with E-state index in [-0.39, 0.29) is 17.8 Å². The molecule has 4 nitrogen and oxygen atoms in total. The second-order valence-electron chi connectivity index (χ2n) is 3.25. The third kappa shape index (κ3) is 17.1. The molecule has 0 atom stereocenters. The van der Waals surface area contributed by atoms with Crippen LogP contribution in [-0.2, 0) is 14.3 Å². The van der Waals surface area contributed by atoms with Crippen molar-refractivity contribution in [2.24, 2.45) is 11.7 Å². The number of ether oxygens (including phenoxy) is 1. The van der Waals surface area contributed by atoms with Gasteiger partial charge in [0, 0.05) is 12.8 Å². The lowest BCUT2D eigenvalue weighted by Crippen LogP contribution is -2.17. The highest BCUT2D eigenvalue weighted by atomic mass is 16.5. The van der Waals surface area contributed by atoms with E-state index in [2.05, 4.69) is 11.7 Å². The van der Waals surface area contributed by atoms with Crippen molar-refractivity contribution in [3.63, 3.8) is 0 Å². The fraction of sp³-hybridized carbons (Fsp3) is 0.800. The maximum Gasteiger partial charge on any atom is 0.302 e. The lowest BCUT2D eigenvalue weighted by Gasteiger charge is -1.96. The SMILES string of the molecule is CC(C)C(N)=O.CCCCOC(C)=O. The van der Waals surface area contributed by atoms with E-state index in [0.717, 1.165) is 12.8 Å². The number of hydrogen-bond donors (Lipinski definition) is 1. The molecule has 4 heteroatoms. The third-order valence-electron chi connectivity index (χ3n) is 1.37. The minimum atomic E-state index is -0.241. The van der Waals surface area contributed by atoms with E-state index in [1.54, 1.807) is 13.8 Å². The van der Waals surface area contributed by atoms with Gasteiger partial charge in [0.25, 0.3) is 0 Å². The highest BCUT2D eigenvalue weighted by molar-refractivity contribution is 5.75. The van der Waals surface area contributed by atoms with E-state index in [9.17, 15) is 9.59 Å². The van der Waals surface area contributed by atoms with Gasteiger partial charge < -0.3 is 10.5 Å². The van der Waals surface area contributed by atoms with Crippen LogP contribution >= 0.6 is 0 Å². The number of carbonyl (C=O) groups excluding carboxylic acids is 2. The van der Waals surface area contributed by atoms with E-state index in [0.29, 0.717) is 6.61 Å². The molecular formula is C10H21NO3. The Morgan fingerprint density at radius 2 is 1.79 bits per heavy atom. The summed E-state index contributed by atoms with van der Waals surface area (Å²) in [6.45, 7) is 7.59. The average Bonchev–Trinajstić information content (AvgIpc) is 2.05. The Labute approximate surface area is 85.8 Å². The molecule has 0 aromatic heterocycles. The fourth-order valence-electron chi connectivity index (χ4n) is 0.360. The van der Waals surface area contributed by atoms with Crippen molar-refractivity contribution in [2.45, 2.75) is 40.5 Å². The summed E-state index contributed by atoms with van der Waals surface area (Å²) >= 11 is 0. The van der Waals surface area contributed by atoms with E-state index >= 15 is 0 Å². The second-order valence-corrected chi connectivity index (χ2v) is 3.25. The predicted molar refractivity (Wildman–Crippen MR) is 55.6 cm³/mol. The molecule has 0 aromatic rings. The maximum absolute atomic E-state index is 10.1. The van der Waals surface area contributed by atoms with Crippen molar-refractivity contribution in [3.05, 3.63) is 0 Å². The molecule has 84 valence electrons. The van der Waals surface area contributed by atoms with Gasteiger partial charge in [0.2, 0.25) is 5.91 Å². The van der Waals surface area contributed by atoms with Crippen LogP contribution in [0.3, 0.4) is 0 Å². The molecule has 0 spiro atoms. The van der Waals surface area contributed by atoms with Crippen molar-refractivity contribution in [1.29, 1.82) is 0 Å². The number of unbranched alkanes of at least 4 members (excludes halogenated alkanes) is 1. The fourth-order valence-corrected chi connectivity index (χ4v) is 0.360. The molecule has 0 aromatic carbocycles. The third-order valence-corrected chi connectivity index (χ3v) is 1.37. The lowest BCUT2D eigenvalue weighted by atomic mass is 10.2. The van der Waals surface area contributed by atoms with Gasteiger partial charge in [-0.05, 0) is 6.42 Å². The Morgan fingerprint density at radius 1 is 1.36 bits per heavy atom. The number of primary amides is 1. The standard InChI is InChI=1S/C6H12O2.C4H9NO/c1-3-4-5-8-6(2)7;1-3(2)4(5)6/h3-5H2,1-2H3;3H,1-2H3,(H2,5,6). The number of rotatable bonds is 4. The zero-order chi connectivity index (χ0) is 11.6. The molecule has 0 aliphatic carbocycles. The topological polar surface area (TPSA) is 69.4 Å². The van der Waals surface area contributed by atoms with E-state index < -0.39 is 0 Å². The molecule has 0 radical (unpaired) electrons. The quantitative estimate of drug-likeness (QED) is 0.555. The maximum atomic E-state index is 10.1. The van der Waals surface area contributed by atoms with Gasteiger partial charge in [-0.25, -0.2) is 0 Å². The molecule has 0 bridgehead atoms. The van der Waals surface area contributed by atoms with Crippen molar-refractivity contribution in [2.75, 3.05) is 6.61 Å². The largest absolute Gasteiger partial charge is 0.466 e.